The molecule has 1 aliphatic rings. The number of rotatable bonds is 3. The van der Waals surface area contributed by atoms with Gasteiger partial charge in [-0.25, -0.2) is 0 Å². The first kappa shape index (κ1) is 12.9. The number of aliphatic carboxylic acids is 1. The Balaban J connectivity index is 0.000000671. The third-order valence-corrected chi connectivity index (χ3v) is 1.50. The first-order chi connectivity index (χ1) is 6.29. The van der Waals surface area contributed by atoms with Crippen LogP contribution in [0.15, 0.2) is 24.3 Å². The topological polar surface area (TPSA) is 49.3 Å². The molecule has 0 aromatic heterocycles. The molecule has 0 aromatic carbocycles. The molecule has 0 saturated heterocycles. The van der Waals surface area contributed by atoms with Gasteiger partial charge in [-0.1, -0.05) is 24.3 Å². The van der Waals surface area contributed by atoms with Crippen molar-refractivity contribution in [3.8, 4) is 0 Å². The van der Waals surface area contributed by atoms with Gasteiger partial charge >= 0.3 is 38.1 Å². The Hall–Kier alpha value is -0.0900. The number of allylic oxidation sites excluding steroid dienone is 2. The first-order valence-electron chi connectivity index (χ1n) is 4.57. The quantitative estimate of drug-likeness (QED) is 0.647. The Morgan fingerprint density at radius 1 is 1.62 bits per heavy atom. The fraction of sp³-hybridized carbons (Fsp3) is 0.444. The van der Waals surface area contributed by atoms with E-state index < -0.39 is 5.97 Å². The first-order valence-corrected chi connectivity index (χ1v) is 6.57. The molecule has 2 N–H and O–H groups in total. The molecule has 1 unspecified atom stereocenters. The molecule has 4 heteroatoms. The van der Waals surface area contributed by atoms with Crippen LogP contribution in [-0.4, -0.2) is 51.6 Å². The fourth-order valence-electron chi connectivity index (χ4n) is 0.950. The second-order valence-corrected chi connectivity index (χ2v) is 2.43. The molecule has 0 aliphatic heterocycles. The molecule has 0 radical (unpaired) electrons. The summed E-state index contributed by atoms with van der Waals surface area (Å²) in [5, 5.41) is 11.2. The van der Waals surface area contributed by atoms with E-state index in [9.17, 15) is 4.79 Å². The van der Waals surface area contributed by atoms with E-state index in [2.05, 4.69) is 9.49 Å². The summed E-state index contributed by atoms with van der Waals surface area (Å²) >= 11 is 1.31. The van der Waals surface area contributed by atoms with E-state index >= 15 is 0 Å². The van der Waals surface area contributed by atoms with Crippen molar-refractivity contribution in [3.63, 3.8) is 0 Å². The third-order valence-electron chi connectivity index (χ3n) is 1.50. The minimum absolute atomic E-state index is 0.0306. The summed E-state index contributed by atoms with van der Waals surface area (Å²) in [7, 11) is 0. The van der Waals surface area contributed by atoms with Gasteiger partial charge in [-0.05, 0) is 6.42 Å². The predicted molar refractivity (Wildman–Crippen MR) is 53.9 cm³/mol. The molecule has 1 rings (SSSR count). The number of carboxylic acids is 1. The summed E-state index contributed by atoms with van der Waals surface area (Å²) in [6.07, 6.45) is 8.73. The Morgan fingerprint density at radius 3 is 2.77 bits per heavy atom. The molecular formula is C9H14NNaO2. The van der Waals surface area contributed by atoms with Crippen molar-refractivity contribution in [1.29, 1.82) is 0 Å². The van der Waals surface area contributed by atoms with Crippen molar-refractivity contribution < 1.29 is 9.90 Å². The normalized spacial score (nSPS) is 19.2. The zero-order valence-electron chi connectivity index (χ0n) is 8.16. The van der Waals surface area contributed by atoms with Gasteiger partial charge in [0.2, 0.25) is 0 Å². The third kappa shape index (κ3) is 7.02. The van der Waals surface area contributed by atoms with Crippen molar-refractivity contribution in [3.05, 3.63) is 24.3 Å². The van der Waals surface area contributed by atoms with Gasteiger partial charge in [0, 0.05) is 6.04 Å². The zero-order valence-corrected chi connectivity index (χ0v) is 10.2. The van der Waals surface area contributed by atoms with Crippen LogP contribution in [0.2, 0.25) is 4.17 Å². The summed E-state index contributed by atoms with van der Waals surface area (Å²) in [5.74, 6) is -0.812. The van der Waals surface area contributed by atoms with Crippen LogP contribution in [-0.2, 0) is 4.79 Å². The van der Waals surface area contributed by atoms with Crippen LogP contribution in [0, 0.1) is 0 Å². The molecule has 0 saturated carbocycles. The maximum absolute atomic E-state index is 10.1. The van der Waals surface area contributed by atoms with Crippen molar-refractivity contribution in [1.82, 2.24) is 5.32 Å². The second kappa shape index (κ2) is 8.51. The van der Waals surface area contributed by atoms with Crippen LogP contribution in [0.25, 0.3) is 0 Å². The Labute approximate surface area is 96.3 Å². The number of hydrogen-bond acceptors (Lipinski definition) is 2. The fourth-order valence-corrected chi connectivity index (χ4v) is 0.950. The van der Waals surface area contributed by atoms with Gasteiger partial charge in [0.05, 0.1) is 6.54 Å². The van der Waals surface area contributed by atoms with Crippen molar-refractivity contribution in [2.24, 2.45) is 0 Å². The number of hydrogen-bond donors (Lipinski definition) is 2. The van der Waals surface area contributed by atoms with Crippen molar-refractivity contribution in [2.45, 2.75) is 16.6 Å². The molecule has 0 heterocycles. The van der Waals surface area contributed by atoms with E-state index in [-0.39, 0.29) is 12.6 Å². The van der Waals surface area contributed by atoms with E-state index in [0.717, 1.165) is 6.42 Å². The van der Waals surface area contributed by atoms with Gasteiger partial charge < -0.3 is 10.4 Å². The van der Waals surface area contributed by atoms with Crippen LogP contribution < -0.4 is 5.32 Å². The molecule has 1 atom stereocenters. The molecule has 0 fully saturated rings. The van der Waals surface area contributed by atoms with E-state index in [1.54, 1.807) is 0 Å². The summed E-state index contributed by atoms with van der Waals surface area (Å²) in [4.78, 5) is 10.1. The monoisotopic (exact) mass is 191 g/mol. The van der Waals surface area contributed by atoms with Gasteiger partial charge in [-0.2, -0.15) is 0 Å². The van der Waals surface area contributed by atoms with Gasteiger partial charge in [0.15, 0.2) is 0 Å². The SMILES string of the molecule is O=C(O)CNC1C=CC=CC1.[CH3][Na]. The molecule has 68 valence electrons. The molecular weight excluding hydrogens is 177 g/mol. The average Bonchev–Trinajstić information content (AvgIpc) is 2.19. The van der Waals surface area contributed by atoms with Gasteiger partial charge in [-0.3, -0.25) is 4.79 Å². The Morgan fingerprint density at radius 2 is 2.31 bits per heavy atom. The Bertz CT molecular complexity index is 202. The van der Waals surface area contributed by atoms with Crippen molar-refractivity contribution in [2.75, 3.05) is 6.54 Å². The average molecular weight is 191 g/mol. The number of nitrogens with one attached hydrogen (secondary N) is 1. The molecule has 0 bridgehead atoms. The van der Waals surface area contributed by atoms with Gasteiger partial charge in [-0.15, -0.1) is 0 Å². The van der Waals surface area contributed by atoms with Crippen LogP contribution >= 0.6 is 0 Å². The van der Waals surface area contributed by atoms with E-state index in [4.69, 9.17) is 5.11 Å². The summed E-state index contributed by atoms with van der Waals surface area (Å²) in [6.45, 7) is 0.0306. The number of carboxylic acid groups (broad SMARTS) is 1. The summed E-state index contributed by atoms with van der Waals surface area (Å²) in [5.41, 5.74) is 0. The molecule has 0 amide bonds. The summed E-state index contributed by atoms with van der Waals surface area (Å²) < 4.78 is 2.14. The van der Waals surface area contributed by atoms with E-state index in [1.807, 2.05) is 24.3 Å². The standard InChI is InChI=1S/C8H11NO2.CH3.Na/c10-8(11)6-9-7-4-2-1-3-5-7;;/h1-4,7,9H,5-6H2,(H,10,11);1H3;. The van der Waals surface area contributed by atoms with Gasteiger partial charge in [0.25, 0.3) is 0 Å². The van der Waals surface area contributed by atoms with Crippen LogP contribution in [0.5, 0.6) is 0 Å². The van der Waals surface area contributed by atoms with Crippen molar-refractivity contribution >= 4 is 33.9 Å². The zero-order chi connectivity index (χ0) is 10.1. The molecule has 3 nitrogen and oxygen atoms in total. The molecule has 13 heavy (non-hydrogen) atoms. The summed E-state index contributed by atoms with van der Waals surface area (Å²) in [6, 6.07) is 0.191. The van der Waals surface area contributed by atoms with Crippen LogP contribution in [0.4, 0.5) is 0 Å². The maximum atomic E-state index is 10.1. The Kier molecular flexibility index (Phi) is 8.45. The predicted octanol–water partition coefficient (Wildman–Crippen LogP) is 0.748. The molecule has 0 aromatic rings. The molecule has 0 spiro atoms. The van der Waals surface area contributed by atoms with Crippen LogP contribution in [0.1, 0.15) is 6.42 Å². The molecule has 1 aliphatic carbocycles. The van der Waals surface area contributed by atoms with Gasteiger partial charge in [0.1, 0.15) is 0 Å². The number of carbonyl (C=O) groups is 1. The van der Waals surface area contributed by atoms with Crippen LogP contribution in [0.3, 0.4) is 0 Å². The minimum atomic E-state index is -0.812. The van der Waals surface area contributed by atoms with E-state index in [1.165, 1.54) is 27.9 Å². The second-order valence-electron chi connectivity index (χ2n) is 2.43. The van der Waals surface area contributed by atoms with E-state index in [0.29, 0.717) is 0 Å².